The first kappa shape index (κ1) is 19.2. The number of rotatable bonds is 7. The van der Waals surface area contributed by atoms with Crippen LogP contribution in [-0.2, 0) is 6.54 Å². The Morgan fingerprint density at radius 3 is 2.21 bits per heavy atom. The van der Waals surface area contributed by atoms with E-state index in [1.165, 1.54) is 37.9 Å². The quantitative estimate of drug-likeness (QED) is 0.496. The molecular weight excluding hydrogens is 362 g/mol. The zero-order chi connectivity index (χ0) is 19.0. The highest BCUT2D eigenvalue weighted by molar-refractivity contribution is 7.99. The predicted molar refractivity (Wildman–Crippen MR) is 117 cm³/mol. The van der Waals surface area contributed by atoms with Crippen LogP contribution in [0, 0.1) is 5.92 Å². The summed E-state index contributed by atoms with van der Waals surface area (Å²) in [5.41, 5.74) is 3.48. The molecule has 3 nitrogen and oxygen atoms in total. The Kier molecular flexibility index (Phi) is 6.74. The van der Waals surface area contributed by atoms with Crippen LogP contribution in [0.2, 0.25) is 0 Å². The van der Waals surface area contributed by atoms with E-state index in [2.05, 4.69) is 69.7 Å². The number of nitrogens with zero attached hydrogens (tertiary/aromatic N) is 3. The molecule has 1 aromatic heterocycles. The predicted octanol–water partition coefficient (Wildman–Crippen LogP) is 5.54. The lowest BCUT2D eigenvalue weighted by Gasteiger charge is -2.32. The highest BCUT2D eigenvalue weighted by Crippen LogP contribution is 2.26. The molecule has 3 aromatic rings. The SMILES string of the molecule is c1ccc(CN2CCC(CCSc3ccc(-c4ccccc4)nn3)CC2)cc1. The van der Waals surface area contributed by atoms with Crippen molar-refractivity contribution in [2.24, 2.45) is 5.92 Å². The first-order chi connectivity index (χ1) is 13.9. The van der Waals surface area contributed by atoms with E-state index < -0.39 is 0 Å². The Balaban J connectivity index is 1.18. The molecule has 0 N–H and O–H groups in total. The van der Waals surface area contributed by atoms with Gasteiger partial charge in [0.1, 0.15) is 5.03 Å². The first-order valence-corrected chi connectivity index (χ1v) is 11.1. The van der Waals surface area contributed by atoms with E-state index in [0.29, 0.717) is 0 Å². The second-order valence-electron chi connectivity index (χ2n) is 7.47. The molecular formula is C24H27N3S. The molecule has 1 aliphatic heterocycles. The summed E-state index contributed by atoms with van der Waals surface area (Å²) in [5, 5.41) is 9.82. The maximum atomic E-state index is 4.40. The molecule has 0 aliphatic carbocycles. The molecule has 28 heavy (non-hydrogen) atoms. The summed E-state index contributed by atoms with van der Waals surface area (Å²) in [7, 11) is 0. The van der Waals surface area contributed by atoms with E-state index in [1.807, 2.05) is 30.0 Å². The van der Waals surface area contributed by atoms with Gasteiger partial charge in [-0.25, -0.2) is 0 Å². The molecule has 2 aromatic carbocycles. The van der Waals surface area contributed by atoms with E-state index >= 15 is 0 Å². The van der Waals surface area contributed by atoms with Crippen molar-refractivity contribution in [3.05, 3.63) is 78.4 Å². The van der Waals surface area contributed by atoms with E-state index in [9.17, 15) is 0 Å². The third-order valence-electron chi connectivity index (χ3n) is 5.44. The summed E-state index contributed by atoms with van der Waals surface area (Å²) >= 11 is 1.83. The first-order valence-electron chi connectivity index (χ1n) is 10.1. The third kappa shape index (κ3) is 5.43. The van der Waals surface area contributed by atoms with E-state index in [1.54, 1.807) is 0 Å². The monoisotopic (exact) mass is 389 g/mol. The van der Waals surface area contributed by atoms with E-state index in [4.69, 9.17) is 0 Å². The summed E-state index contributed by atoms with van der Waals surface area (Å²) in [6.45, 7) is 3.53. The fourth-order valence-corrected chi connectivity index (χ4v) is 4.69. The van der Waals surface area contributed by atoms with Crippen molar-refractivity contribution in [2.45, 2.75) is 30.8 Å². The van der Waals surface area contributed by atoms with Crippen LogP contribution in [0.5, 0.6) is 0 Å². The smallest absolute Gasteiger partial charge is 0.119 e. The summed E-state index contributed by atoms with van der Waals surface area (Å²) in [6.07, 6.45) is 3.89. The van der Waals surface area contributed by atoms with Gasteiger partial charge in [0.2, 0.25) is 0 Å². The van der Waals surface area contributed by atoms with Crippen molar-refractivity contribution in [1.29, 1.82) is 0 Å². The molecule has 144 valence electrons. The molecule has 2 heterocycles. The lowest BCUT2D eigenvalue weighted by molar-refractivity contribution is 0.175. The Hall–Kier alpha value is -2.17. The van der Waals surface area contributed by atoms with Gasteiger partial charge in [0.25, 0.3) is 0 Å². The van der Waals surface area contributed by atoms with Crippen molar-refractivity contribution in [3.8, 4) is 11.3 Å². The average molecular weight is 390 g/mol. The van der Waals surface area contributed by atoms with Gasteiger partial charge in [-0.15, -0.1) is 22.0 Å². The summed E-state index contributed by atoms with van der Waals surface area (Å²) in [6, 6.07) is 25.2. The third-order valence-corrected chi connectivity index (χ3v) is 6.40. The maximum absolute atomic E-state index is 4.40. The van der Waals surface area contributed by atoms with Crippen LogP contribution < -0.4 is 0 Å². The second kappa shape index (κ2) is 9.85. The van der Waals surface area contributed by atoms with Crippen molar-refractivity contribution < 1.29 is 0 Å². The topological polar surface area (TPSA) is 29.0 Å². The molecule has 4 heteroatoms. The van der Waals surface area contributed by atoms with Gasteiger partial charge in [0.15, 0.2) is 0 Å². The largest absolute Gasteiger partial charge is 0.299 e. The van der Waals surface area contributed by atoms with Gasteiger partial charge in [-0.05, 0) is 61.7 Å². The maximum Gasteiger partial charge on any atom is 0.119 e. The van der Waals surface area contributed by atoms with Gasteiger partial charge in [0, 0.05) is 12.1 Å². The van der Waals surface area contributed by atoms with Gasteiger partial charge in [-0.3, -0.25) is 4.90 Å². The molecule has 1 fully saturated rings. The minimum Gasteiger partial charge on any atom is -0.299 e. The van der Waals surface area contributed by atoms with Crippen LogP contribution >= 0.6 is 11.8 Å². The normalized spacial score (nSPS) is 15.6. The van der Waals surface area contributed by atoms with Crippen LogP contribution in [0.15, 0.2) is 77.8 Å². The fraction of sp³-hybridized carbons (Fsp3) is 0.333. The van der Waals surface area contributed by atoms with Gasteiger partial charge in [-0.1, -0.05) is 60.7 Å². The molecule has 0 atom stereocenters. The van der Waals surface area contributed by atoms with Crippen LogP contribution in [0.25, 0.3) is 11.3 Å². The second-order valence-corrected chi connectivity index (χ2v) is 8.58. The van der Waals surface area contributed by atoms with Crippen molar-refractivity contribution in [2.75, 3.05) is 18.8 Å². The highest BCUT2D eigenvalue weighted by Gasteiger charge is 2.19. The van der Waals surface area contributed by atoms with Crippen LogP contribution in [0.1, 0.15) is 24.8 Å². The Bertz CT molecular complexity index is 829. The zero-order valence-electron chi connectivity index (χ0n) is 16.2. The lowest BCUT2D eigenvalue weighted by Crippen LogP contribution is -2.33. The number of likely N-dealkylation sites (tertiary alicyclic amines) is 1. The van der Waals surface area contributed by atoms with Crippen molar-refractivity contribution >= 4 is 11.8 Å². The molecule has 4 rings (SSSR count). The van der Waals surface area contributed by atoms with Crippen LogP contribution in [0.4, 0.5) is 0 Å². The number of benzene rings is 2. The number of hydrogen-bond acceptors (Lipinski definition) is 4. The standard InChI is InChI=1S/C24H27N3S/c1-3-7-21(8-4-1)19-27-16-13-20(14-17-27)15-18-28-24-12-11-23(25-26-24)22-9-5-2-6-10-22/h1-12,20H,13-19H2. The molecule has 0 radical (unpaired) electrons. The number of hydrogen-bond donors (Lipinski definition) is 0. The van der Waals surface area contributed by atoms with Gasteiger partial charge >= 0.3 is 0 Å². The lowest BCUT2D eigenvalue weighted by atomic mass is 9.94. The number of aromatic nitrogens is 2. The summed E-state index contributed by atoms with van der Waals surface area (Å²) in [5.74, 6) is 1.97. The number of thioether (sulfide) groups is 1. The van der Waals surface area contributed by atoms with Gasteiger partial charge in [0.05, 0.1) is 5.69 Å². The van der Waals surface area contributed by atoms with E-state index in [0.717, 1.165) is 34.5 Å². The average Bonchev–Trinajstić information content (AvgIpc) is 2.77. The Labute approximate surface area is 172 Å². The van der Waals surface area contributed by atoms with Crippen molar-refractivity contribution in [3.63, 3.8) is 0 Å². The highest BCUT2D eigenvalue weighted by atomic mass is 32.2. The van der Waals surface area contributed by atoms with Crippen LogP contribution in [0.3, 0.4) is 0 Å². The van der Waals surface area contributed by atoms with Gasteiger partial charge < -0.3 is 0 Å². The zero-order valence-corrected chi connectivity index (χ0v) is 17.0. The molecule has 0 bridgehead atoms. The van der Waals surface area contributed by atoms with Gasteiger partial charge in [-0.2, -0.15) is 0 Å². The molecule has 0 amide bonds. The number of piperidine rings is 1. The summed E-state index contributed by atoms with van der Waals surface area (Å²) < 4.78 is 0. The summed E-state index contributed by atoms with van der Waals surface area (Å²) in [4.78, 5) is 2.59. The van der Waals surface area contributed by atoms with Crippen LogP contribution in [-0.4, -0.2) is 33.9 Å². The minimum atomic E-state index is 0.844. The van der Waals surface area contributed by atoms with E-state index in [-0.39, 0.29) is 0 Å². The molecule has 1 aliphatic rings. The minimum absolute atomic E-state index is 0.844. The molecule has 0 saturated carbocycles. The molecule has 0 unspecified atom stereocenters. The fourth-order valence-electron chi connectivity index (χ4n) is 3.76. The Morgan fingerprint density at radius 1 is 0.821 bits per heavy atom. The molecule has 1 saturated heterocycles. The van der Waals surface area contributed by atoms with Crippen molar-refractivity contribution in [1.82, 2.24) is 15.1 Å². The Morgan fingerprint density at radius 2 is 1.54 bits per heavy atom. The molecule has 0 spiro atoms.